The second kappa shape index (κ2) is 9.03. The highest BCUT2D eigenvalue weighted by Gasteiger charge is 2.28. The molecule has 7 nitrogen and oxygen atoms in total. The Morgan fingerprint density at radius 1 is 1.26 bits per heavy atom. The van der Waals surface area contributed by atoms with E-state index in [-0.39, 0.29) is 27.4 Å². The van der Waals surface area contributed by atoms with Gasteiger partial charge in [-0.15, -0.1) is 0 Å². The van der Waals surface area contributed by atoms with E-state index < -0.39 is 22.6 Å². The molecule has 3 atom stereocenters. The van der Waals surface area contributed by atoms with Crippen molar-refractivity contribution < 1.29 is 22.7 Å². The van der Waals surface area contributed by atoms with Crippen LogP contribution in [-0.2, 0) is 19.6 Å². The van der Waals surface area contributed by atoms with Crippen LogP contribution in [0.25, 0.3) is 0 Å². The summed E-state index contributed by atoms with van der Waals surface area (Å²) < 4.78 is 31.0. The summed E-state index contributed by atoms with van der Waals surface area (Å²) in [7, 11) is -2.57. The topological polar surface area (TPSA) is 102 Å². The number of ether oxygens (including phenoxy) is 1. The van der Waals surface area contributed by atoms with Gasteiger partial charge in [0.2, 0.25) is 10.0 Å². The van der Waals surface area contributed by atoms with Crippen LogP contribution in [0.2, 0.25) is 5.02 Å². The largest absolute Gasteiger partial charge is 0.452 e. The first-order valence-electron chi connectivity index (χ1n) is 8.85. The summed E-state index contributed by atoms with van der Waals surface area (Å²) in [6.45, 7) is 3.85. The van der Waals surface area contributed by atoms with Gasteiger partial charge < -0.3 is 10.1 Å². The van der Waals surface area contributed by atoms with E-state index >= 15 is 0 Å². The first-order valence-corrected chi connectivity index (χ1v) is 10.7. The molecule has 1 saturated carbocycles. The molecule has 1 fully saturated rings. The molecule has 2 rings (SSSR count). The molecule has 27 heavy (non-hydrogen) atoms. The van der Waals surface area contributed by atoms with Gasteiger partial charge in [-0.3, -0.25) is 4.79 Å². The van der Waals surface area contributed by atoms with Crippen molar-refractivity contribution in [2.45, 2.75) is 44.0 Å². The van der Waals surface area contributed by atoms with Crippen LogP contribution in [0, 0.1) is 11.8 Å². The lowest BCUT2D eigenvalue weighted by Crippen LogP contribution is -2.45. The standard InChI is InChI=1S/C18H25ClN2O5S/c1-11-5-4-6-15(12(11)2)21-17(22)10-26-18(23)13-7-8-14(19)16(9-13)27(24,25)20-3/h7-9,11-12,15,20H,4-6,10H2,1-3H3,(H,21,22)/t11-,12+,15+/m0/s1. The quantitative estimate of drug-likeness (QED) is 0.693. The number of amides is 1. The van der Waals surface area contributed by atoms with E-state index in [2.05, 4.69) is 23.9 Å². The highest BCUT2D eigenvalue weighted by molar-refractivity contribution is 7.89. The molecule has 1 aliphatic rings. The van der Waals surface area contributed by atoms with Crippen molar-refractivity contribution in [3.05, 3.63) is 28.8 Å². The number of nitrogens with one attached hydrogen (secondary N) is 2. The number of rotatable bonds is 6. The predicted molar refractivity (Wildman–Crippen MR) is 102 cm³/mol. The maximum Gasteiger partial charge on any atom is 0.338 e. The van der Waals surface area contributed by atoms with Gasteiger partial charge in [0.05, 0.1) is 10.6 Å². The highest BCUT2D eigenvalue weighted by Crippen LogP contribution is 2.29. The fourth-order valence-corrected chi connectivity index (χ4v) is 4.44. The SMILES string of the molecule is CNS(=O)(=O)c1cc(C(=O)OCC(=O)N[C@@H]2CCC[C@H](C)[C@H]2C)ccc1Cl. The van der Waals surface area contributed by atoms with E-state index in [0.717, 1.165) is 25.3 Å². The lowest BCUT2D eigenvalue weighted by molar-refractivity contribution is -0.125. The van der Waals surface area contributed by atoms with E-state index in [1.165, 1.54) is 19.2 Å². The van der Waals surface area contributed by atoms with Crippen molar-refractivity contribution in [3.8, 4) is 0 Å². The molecular formula is C18H25ClN2O5S. The smallest absolute Gasteiger partial charge is 0.338 e. The lowest BCUT2D eigenvalue weighted by Gasteiger charge is -2.34. The molecule has 0 spiro atoms. The fraction of sp³-hybridized carbons (Fsp3) is 0.556. The van der Waals surface area contributed by atoms with Crippen molar-refractivity contribution in [1.29, 1.82) is 0 Å². The van der Waals surface area contributed by atoms with Crippen LogP contribution in [0.4, 0.5) is 0 Å². The second-order valence-corrected chi connectivity index (χ2v) is 9.13. The van der Waals surface area contributed by atoms with Crippen molar-refractivity contribution in [2.75, 3.05) is 13.7 Å². The fourth-order valence-electron chi connectivity index (χ4n) is 3.19. The zero-order valence-corrected chi connectivity index (χ0v) is 17.2. The third-order valence-corrected chi connectivity index (χ3v) is 7.01. The normalized spacial score (nSPS) is 22.9. The number of esters is 1. The summed E-state index contributed by atoms with van der Waals surface area (Å²) in [5.41, 5.74) is 0.000631. The average molecular weight is 417 g/mol. The van der Waals surface area contributed by atoms with Crippen LogP contribution < -0.4 is 10.0 Å². The minimum Gasteiger partial charge on any atom is -0.452 e. The Hall–Kier alpha value is -1.64. The minimum absolute atomic E-state index is 0.000631. The molecule has 1 aromatic rings. The first kappa shape index (κ1) is 21.7. The maximum atomic E-state index is 12.2. The summed E-state index contributed by atoms with van der Waals surface area (Å²) in [4.78, 5) is 24.1. The number of sulfonamides is 1. The average Bonchev–Trinajstić information content (AvgIpc) is 2.63. The number of carbonyl (C=O) groups is 2. The van der Waals surface area contributed by atoms with Crippen LogP contribution >= 0.6 is 11.6 Å². The number of hydrogen-bond acceptors (Lipinski definition) is 5. The third kappa shape index (κ3) is 5.43. The molecule has 0 radical (unpaired) electrons. The molecule has 1 amide bonds. The predicted octanol–water partition coefficient (Wildman–Crippen LogP) is 2.35. The van der Waals surface area contributed by atoms with Gasteiger partial charge in [0.25, 0.3) is 5.91 Å². The molecule has 1 aliphatic carbocycles. The molecule has 0 aliphatic heterocycles. The van der Waals surface area contributed by atoms with Crippen LogP contribution in [0.1, 0.15) is 43.5 Å². The van der Waals surface area contributed by atoms with Crippen LogP contribution in [0.5, 0.6) is 0 Å². The van der Waals surface area contributed by atoms with Crippen LogP contribution in [0.15, 0.2) is 23.1 Å². The Balaban J connectivity index is 1.97. The van der Waals surface area contributed by atoms with Crippen molar-refractivity contribution in [2.24, 2.45) is 11.8 Å². The zero-order chi connectivity index (χ0) is 20.2. The molecule has 1 aromatic carbocycles. The third-order valence-electron chi connectivity index (χ3n) is 5.11. The molecule has 150 valence electrons. The van der Waals surface area contributed by atoms with Gasteiger partial charge in [-0.25, -0.2) is 17.9 Å². The number of hydrogen-bond donors (Lipinski definition) is 2. The molecule has 0 heterocycles. The lowest BCUT2D eigenvalue weighted by atomic mass is 9.78. The van der Waals surface area contributed by atoms with Gasteiger partial charge in [-0.05, 0) is 43.5 Å². The highest BCUT2D eigenvalue weighted by atomic mass is 35.5. The summed E-state index contributed by atoms with van der Waals surface area (Å²) >= 11 is 5.89. The zero-order valence-electron chi connectivity index (χ0n) is 15.6. The van der Waals surface area contributed by atoms with Gasteiger partial charge >= 0.3 is 5.97 Å². The number of halogens is 1. The Labute approximate surface area is 164 Å². The Morgan fingerprint density at radius 2 is 1.96 bits per heavy atom. The van der Waals surface area contributed by atoms with Gasteiger partial charge in [-0.1, -0.05) is 38.3 Å². The molecule has 9 heteroatoms. The first-order chi connectivity index (χ1) is 12.7. The number of benzene rings is 1. The van der Waals surface area contributed by atoms with Gasteiger partial charge in [0, 0.05) is 6.04 Å². The maximum absolute atomic E-state index is 12.2. The molecular weight excluding hydrogens is 392 g/mol. The molecule has 0 unspecified atom stereocenters. The number of carbonyl (C=O) groups excluding carboxylic acids is 2. The molecule has 0 aromatic heterocycles. The Bertz CT molecular complexity index is 812. The van der Waals surface area contributed by atoms with Crippen molar-refractivity contribution in [3.63, 3.8) is 0 Å². The van der Waals surface area contributed by atoms with Crippen LogP contribution in [0.3, 0.4) is 0 Å². The summed E-state index contributed by atoms with van der Waals surface area (Å²) in [6, 6.07) is 3.84. The van der Waals surface area contributed by atoms with Crippen molar-refractivity contribution >= 4 is 33.5 Å². The van der Waals surface area contributed by atoms with E-state index in [9.17, 15) is 18.0 Å². The van der Waals surface area contributed by atoms with Crippen LogP contribution in [-0.4, -0.2) is 40.0 Å². The molecule has 0 bridgehead atoms. The van der Waals surface area contributed by atoms with Gasteiger partial charge in [0.15, 0.2) is 6.61 Å². The van der Waals surface area contributed by atoms with E-state index in [4.69, 9.17) is 16.3 Å². The summed E-state index contributed by atoms with van der Waals surface area (Å²) in [5.74, 6) is -0.261. The Morgan fingerprint density at radius 3 is 2.63 bits per heavy atom. The second-order valence-electron chi connectivity index (χ2n) is 6.87. The monoisotopic (exact) mass is 416 g/mol. The van der Waals surface area contributed by atoms with E-state index in [1.807, 2.05) is 0 Å². The van der Waals surface area contributed by atoms with Gasteiger partial charge in [0.1, 0.15) is 4.90 Å². The van der Waals surface area contributed by atoms with E-state index in [1.54, 1.807) is 0 Å². The van der Waals surface area contributed by atoms with E-state index in [0.29, 0.717) is 11.8 Å². The Kier molecular flexibility index (Phi) is 7.25. The molecule has 2 N–H and O–H groups in total. The summed E-state index contributed by atoms with van der Waals surface area (Å²) in [5, 5.41) is 2.90. The van der Waals surface area contributed by atoms with Gasteiger partial charge in [-0.2, -0.15) is 0 Å². The van der Waals surface area contributed by atoms with Crippen molar-refractivity contribution in [1.82, 2.24) is 10.0 Å². The minimum atomic E-state index is -3.82. The summed E-state index contributed by atoms with van der Waals surface area (Å²) in [6.07, 6.45) is 3.12. The molecule has 0 saturated heterocycles.